The lowest BCUT2D eigenvalue weighted by atomic mass is 10.2. The van der Waals surface area contributed by atoms with Crippen LogP contribution < -0.4 is 5.32 Å². The van der Waals surface area contributed by atoms with Crippen molar-refractivity contribution in [2.45, 2.75) is 26.2 Å². The molecule has 118 valence electrons. The van der Waals surface area contributed by atoms with Crippen LogP contribution in [0.1, 0.15) is 29.6 Å². The maximum atomic E-state index is 12.2. The predicted octanol–water partition coefficient (Wildman–Crippen LogP) is 1.92. The molecule has 0 fully saturated rings. The number of nitrogens with zero attached hydrogens (tertiary/aromatic N) is 2. The maximum Gasteiger partial charge on any atom is 0.247 e. The second-order valence-corrected chi connectivity index (χ2v) is 5.21. The molecule has 1 aromatic heterocycles. The second-order valence-electron chi connectivity index (χ2n) is 5.21. The molecule has 22 heavy (non-hydrogen) atoms. The number of fused-ring (bicyclic) bond motifs is 1. The number of hydrogen-bond acceptors (Lipinski definition) is 4. The van der Waals surface area contributed by atoms with Gasteiger partial charge in [-0.15, -0.1) is 0 Å². The lowest BCUT2D eigenvalue weighted by Gasteiger charge is -2.05. The normalized spacial score (nSPS) is 10.8. The molecule has 0 aliphatic rings. The van der Waals surface area contributed by atoms with Crippen molar-refractivity contribution in [2.24, 2.45) is 0 Å². The van der Waals surface area contributed by atoms with Gasteiger partial charge in [0.15, 0.2) is 0 Å². The summed E-state index contributed by atoms with van der Waals surface area (Å²) in [5.41, 5.74) is 1.89. The van der Waals surface area contributed by atoms with Crippen LogP contribution in [0.2, 0.25) is 0 Å². The molecule has 6 heteroatoms. The van der Waals surface area contributed by atoms with Gasteiger partial charge in [-0.2, -0.15) is 5.10 Å². The smallest absolute Gasteiger partial charge is 0.247 e. The van der Waals surface area contributed by atoms with Crippen LogP contribution >= 0.6 is 0 Å². The molecule has 0 atom stereocenters. The van der Waals surface area contributed by atoms with Crippen molar-refractivity contribution in [1.82, 2.24) is 15.1 Å². The summed E-state index contributed by atoms with van der Waals surface area (Å²) in [4.78, 5) is 23.8. The molecule has 0 aliphatic carbocycles. The minimum absolute atomic E-state index is 0.128. The molecule has 0 unspecified atom stereocenters. The number of hydrogen-bond donors (Lipinski definition) is 1. The average Bonchev–Trinajstić information content (AvgIpc) is 2.92. The van der Waals surface area contributed by atoms with Gasteiger partial charge in [0.2, 0.25) is 11.8 Å². The average molecular weight is 303 g/mol. The third-order valence-electron chi connectivity index (χ3n) is 3.37. The summed E-state index contributed by atoms with van der Waals surface area (Å²) in [5.74, 6) is -0.303. The van der Waals surface area contributed by atoms with E-state index in [4.69, 9.17) is 4.74 Å². The van der Waals surface area contributed by atoms with E-state index in [1.54, 1.807) is 13.3 Å². The number of carbonyl (C=O) groups excluding carboxylic acids is 2. The zero-order chi connectivity index (χ0) is 15.9. The largest absolute Gasteiger partial charge is 0.385 e. The fraction of sp³-hybridized carbons (Fsp3) is 0.438. The van der Waals surface area contributed by atoms with Gasteiger partial charge in [-0.05, 0) is 25.5 Å². The third-order valence-corrected chi connectivity index (χ3v) is 3.37. The number of aromatic nitrogens is 2. The molecular weight excluding hydrogens is 282 g/mol. The first-order chi connectivity index (χ1) is 10.6. The van der Waals surface area contributed by atoms with E-state index in [0.717, 1.165) is 22.9 Å². The molecule has 0 saturated heterocycles. The summed E-state index contributed by atoms with van der Waals surface area (Å²) >= 11 is 0. The molecule has 6 nitrogen and oxygen atoms in total. The lowest BCUT2D eigenvalue weighted by Crippen LogP contribution is -2.26. The molecule has 0 saturated carbocycles. The summed E-state index contributed by atoms with van der Waals surface area (Å²) in [5, 5.41) is 7.81. The van der Waals surface area contributed by atoms with Crippen molar-refractivity contribution in [1.29, 1.82) is 0 Å². The fourth-order valence-electron chi connectivity index (χ4n) is 2.21. The van der Waals surface area contributed by atoms with Crippen LogP contribution in [-0.2, 0) is 9.53 Å². The Labute approximate surface area is 129 Å². The van der Waals surface area contributed by atoms with E-state index in [0.29, 0.717) is 13.2 Å². The van der Waals surface area contributed by atoms with Crippen LogP contribution in [0.5, 0.6) is 0 Å². The maximum absolute atomic E-state index is 12.2. The van der Waals surface area contributed by atoms with E-state index in [1.165, 1.54) is 4.68 Å². The summed E-state index contributed by atoms with van der Waals surface area (Å²) in [6, 6.07) is 5.80. The van der Waals surface area contributed by atoms with Crippen LogP contribution in [0, 0.1) is 6.92 Å². The van der Waals surface area contributed by atoms with Crippen LogP contribution in [0.3, 0.4) is 0 Å². The van der Waals surface area contributed by atoms with Crippen molar-refractivity contribution >= 4 is 22.7 Å². The van der Waals surface area contributed by atoms with Gasteiger partial charge in [0.1, 0.15) is 0 Å². The summed E-state index contributed by atoms with van der Waals surface area (Å²) in [6.45, 7) is 3.16. The molecule has 0 radical (unpaired) electrons. The number of amides is 1. The van der Waals surface area contributed by atoms with Crippen molar-refractivity contribution in [3.8, 4) is 0 Å². The number of carbonyl (C=O) groups is 2. The van der Waals surface area contributed by atoms with E-state index >= 15 is 0 Å². The number of nitrogens with one attached hydrogen (secondary N) is 1. The van der Waals surface area contributed by atoms with Crippen molar-refractivity contribution < 1.29 is 14.3 Å². The number of ether oxygens (including phenoxy) is 1. The molecule has 1 heterocycles. The third kappa shape index (κ3) is 4.14. The summed E-state index contributed by atoms with van der Waals surface area (Å²) in [7, 11) is 1.62. The van der Waals surface area contributed by atoms with E-state index in [-0.39, 0.29) is 24.7 Å². The minimum Gasteiger partial charge on any atom is -0.385 e. The van der Waals surface area contributed by atoms with Gasteiger partial charge in [0, 0.05) is 38.5 Å². The Morgan fingerprint density at radius 2 is 2.14 bits per heavy atom. The van der Waals surface area contributed by atoms with E-state index in [9.17, 15) is 9.59 Å². The highest BCUT2D eigenvalue weighted by Crippen LogP contribution is 2.15. The first-order valence-corrected chi connectivity index (χ1v) is 7.35. The fourth-order valence-corrected chi connectivity index (χ4v) is 2.21. The Kier molecular flexibility index (Phi) is 5.66. The Bertz CT molecular complexity index is 664. The number of methoxy groups -OCH3 is 1. The van der Waals surface area contributed by atoms with E-state index in [2.05, 4.69) is 10.4 Å². The second kappa shape index (κ2) is 7.70. The van der Waals surface area contributed by atoms with Crippen LogP contribution in [0.25, 0.3) is 10.9 Å². The predicted molar refractivity (Wildman–Crippen MR) is 83.8 cm³/mol. The molecule has 1 amide bonds. The van der Waals surface area contributed by atoms with Crippen molar-refractivity contribution in [2.75, 3.05) is 20.3 Å². The van der Waals surface area contributed by atoms with Gasteiger partial charge in [-0.1, -0.05) is 11.6 Å². The van der Waals surface area contributed by atoms with Gasteiger partial charge < -0.3 is 10.1 Å². The lowest BCUT2D eigenvalue weighted by molar-refractivity contribution is -0.121. The van der Waals surface area contributed by atoms with E-state index < -0.39 is 0 Å². The Morgan fingerprint density at radius 3 is 2.91 bits per heavy atom. The Morgan fingerprint density at radius 1 is 1.32 bits per heavy atom. The first kappa shape index (κ1) is 16.2. The molecule has 2 aromatic rings. The number of benzene rings is 1. The van der Waals surface area contributed by atoms with Crippen LogP contribution in [-0.4, -0.2) is 41.9 Å². The molecule has 2 rings (SSSR count). The standard InChI is InChI=1S/C16H21N3O3/c1-12-4-5-14-13(10-12)11-18-19(14)16(21)7-6-15(20)17-8-3-9-22-2/h4-5,10-11H,3,6-9H2,1-2H3,(H,17,20). The zero-order valence-corrected chi connectivity index (χ0v) is 13.0. The zero-order valence-electron chi connectivity index (χ0n) is 13.0. The van der Waals surface area contributed by atoms with E-state index in [1.807, 2.05) is 25.1 Å². The summed E-state index contributed by atoms with van der Waals surface area (Å²) < 4.78 is 6.27. The Balaban J connectivity index is 1.87. The van der Waals surface area contributed by atoms with Gasteiger partial charge >= 0.3 is 0 Å². The first-order valence-electron chi connectivity index (χ1n) is 7.35. The quantitative estimate of drug-likeness (QED) is 0.793. The molecular formula is C16H21N3O3. The van der Waals surface area contributed by atoms with Gasteiger partial charge in [0.05, 0.1) is 11.7 Å². The number of rotatable bonds is 7. The topological polar surface area (TPSA) is 73.2 Å². The molecule has 0 bridgehead atoms. The minimum atomic E-state index is -0.175. The SMILES string of the molecule is COCCCNC(=O)CCC(=O)n1ncc2cc(C)ccc21. The Hall–Kier alpha value is -2.21. The monoisotopic (exact) mass is 303 g/mol. The van der Waals surface area contributed by atoms with Crippen molar-refractivity contribution in [3.63, 3.8) is 0 Å². The highest BCUT2D eigenvalue weighted by Gasteiger charge is 2.12. The molecule has 0 aliphatic heterocycles. The van der Waals surface area contributed by atoms with Crippen molar-refractivity contribution in [3.05, 3.63) is 30.0 Å². The van der Waals surface area contributed by atoms with Gasteiger partial charge in [-0.3, -0.25) is 9.59 Å². The molecule has 1 aromatic carbocycles. The summed E-state index contributed by atoms with van der Waals surface area (Å²) in [6.07, 6.45) is 2.74. The highest BCUT2D eigenvalue weighted by molar-refractivity contribution is 5.92. The highest BCUT2D eigenvalue weighted by atomic mass is 16.5. The number of aryl methyl sites for hydroxylation is 1. The van der Waals surface area contributed by atoms with Gasteiger partial charge in [0.25, 0.3) is 0 Å². The van der Waals surface area contributed by atoms with Crippen LogP contribution in [0.4, 0.5) is 0 Å². The van der Waals surface area contributed by atoms with Crippen LogP contribution in [0.15, 0.2) is 24.4 Å². The molecule has 1 N–H and O–H groups in total. The molecule has 0 spiro atoms. The van der Waals surface area contributed by atoms with Gasteiger partial charge in [-0.25, -0.2) is 4.68 Å².